The molecule has 3 rings (SSSR count). The Morgan fingerprint density at radius 3 is 2.43 bits per heavy atom. The van der Waals surface area contributed by atoms with Crippen molar-refractivity contribution in [2.24, 2.45) is 0 Å². The molecule has 116 valence electrons. The Hall–Kier alpha value is -2.44. The molecule has 0 fully saturated rings. The van der Waals surface area contributed by atoms with Crippen LogP contribution in [0.2, 0.25) is 0 Å². The molecule has 0 radical (unpaired) electrons. The predicted molar refractivity (Wildman–Crippen MR) is 93.7 cm³/mol. The zero-order valence-corrected chi connectivity index (χ0v) is 13.8. The van der Waals surface area contributed by atoms with Crippen molar-refractivity contribution >= 4 is 40.2 Å². The van der Waals surface area contributed by atoms with Gasteiger partial charge in [-0.25, -0.2) is 4.79 Å². The van der Waals surface area contributed by atoms with E-state index in [1.807, 2.05) is 31.2 Å². The average Bonchev–Trinajstić information content (AvgIpc) is 3.17. The maximum atomic E-state index is 12.2. The molecular weight excluding hydrogens is 330 g/mol. The SMILES string of the molecule is Cc1ccc(-c2scc(NC(=O)c3cccs3)c2C(=O)O)cc1. The highest BCUT2D eigenvalue weighted by Crippen LogP contribution is 2.36. The minimum atomic E-state index is -1.05. The highest BCUT2D eigenvalue weighted by Gasteiger charge is 2.21. The smallest absolute Gasteiger partial charge is 0.339 e. The van der Waals surface area contributed by atoms with Gasteiger partial charge < -0.3 is 10.4 Å². The van der Waals surface area contributed by atoms with Gasteiger partial charge >= 0.3 is 5.97 Å². The Bertz CT molecular complexity index is 849. The van der Waals surface area contributed by atoms with Gasteiger partial charge in [-0.15, -0.1) is 22.7 Å². The second kappa shape index (κ2) is 6.36. The van der Waals surface area contributed by atoms with Crippen LogP contribution in [0.15, 0.2) is 47.2 Å². The van der Waals surface area contributed by atoms with E-state index in [9.17, 15) is 14.7 Å². The second-order valence-electron chi connectivity index (χ2n) is 4.96. The quantitative estimate of drug-likeness (QED) is 0.719. The summed E-state index contributed by atoms with van der Waals surface area (Å²) >= 11 is 2.62. The fourth-order valence-corrected chi connectivity index (χ4v) is 3.79. The largest absolute Gasteiger partial charge is 0.478 e. The number of carbonyl (C=O) groups is 2. The van der Waals surface area contributed by atoms with Gasteiger partial charge in [-0.05, 0) is 23.9 Å². The van der Waals surface area contributed by atoms with Crippen LogP contribution in [-0.4, -0.2) is 17.0 Å². The number of amides is 1. The third kappa shape index (κ3) is 3.18. The van der Waals surface area contributed by atoms with Crippen LogP contribution in [0.4, 0.5) is 5.69 Å². The molecule has 2 N–H and O–H groups in total. The summed E-state index contributed by atoms with van der Waals surface area (Å²) in [5.74, 6) is -1.35. The van der Waals surface area contributed by atoms with Crippen molar-refractivity contribution in [2.75, 3.05) is 5.32 Å². The minimum absolute atomic E-state index is 0.128. The normalized spacial score (nSPS) is 10.5. The van der Waals surface area contributed by atoms with Crippen LogP contribution in [0.5, 0.6) is 0 Å². The van der Waals surface area contributed by atoms with E-state index in [1.54, 1.807) is 22.9 Å². The Kier molecular flexibility index (Phi) is 4.27. The van der Waals surface area contributed by atoms with Crippen LogP contribution in [0.3, 0.4) is 0 Å². The number of anilines is 1. The minimum Gasteiger partial charge on any atom is -0.478 e. The number of nitrogens with one attached hydrogen (secondary N) is 1. The maximum Gasteiger partial charge on any atom is 0.339 e. The number of carboxylic acid groups (broad SMARTS) is 1. The van der Waals surface area contributed by atoms with E-state index >= 15 is 0 Å². The lowest BCUT2D eigenvalue weighted by Crippen LogP contribution is -2.12. The standard InChI is InChI=1S/C17H13NO3S2/c1-10-4-6-11(7-5-10)15-14(17(20)21)12(9-23-15)18-16(19)13-3-2-8-22-13/h2-9H,1H3,(H,18,19)(H,20,21). The first-order valence-corrected chi connectivity index (χ1v) is 8.59. The van der Waals surface area contributed by atoms with Gasteiger partial charge in [-0.3, -0.25) is 4.79 Å². The van der Waals surface area contributed by atoms with Crippen LogP contribution >= 0.6 is 22.7 Å². The fraction of sp³-hybridized carbons (Fsp3) is 0.0588. The van der Waals surface area contributed by atoms with Crippen molar-refractivity contribution in [3.63, 3.8) is 0 Å². The number of carboxylic acids is 1. The first-order chi connectivity index (χ1) is 11.1. The van der Waals surface area contributed by atoms with Crippen LogP contribution in [0, 0.1) is 6.92 Å². The molecule has 1 amide bonds. The summed E-state index contributed by atoms with van der Waals surface area (Å²) < 4.78 is 0. The van der Waals surface area contributed by atoms with E-state index < -0.39 is 5.97 Å². The van der Waals surface area contributed by atoms with Gasteiger partial charge in [0.1, 0.15) is 5.56 Å². The molecule has 23 heavy (non-hydrogen) atoms. The zero-order chi connectivity index (χ0) is 16.4. The lowest BCUT2D eigenvalue weighted by Gasteiger charge is -2.05. The molecule has 0 spiro atoms. The summed E-state index contributed by atoms with van der Waals surface area (Å²) in [4.78, 5) is 25.0. The molecule has 3 aromatic rings. The highest BCUT2D eigenvalue weighted by molar-refractivity contribution is 7.14. The van der Waals surface area contributed by atoms with Crippen molar-refractivity contribution in [3.05, 3.63) is 63.2 Å². The summed E-state index contributed by atoms with van der Waals surface area (Å²) in [6.07, 6.45) is 0. The number of aromatic carboxylic acids is 1. The second-order valence-corrected chi connectivity index (χ2v) is 6.78. The molecule has 0 aliphatic rings. The first kappa shape index (κ1) is 15.5. The summed E-state index contributed by atoms with van der Waals surface area (Å²) in [6.45, 7) is 1.98. The van der Waals surface area contributed by atoms with Crippen molar-refractivity contribution < 1.29 is 14.7 Å². The molecule has 2 heterocycles. The predicted octanol–water partition coefficient (Wildman–Crippen LogP) is 4.74. The highest BCUT2D eigenvalue weighted by atomic mass is 32.1. The summed E-state index contributed by atoms with van der Waals surface area (Å²) in [5, 5.41) is 15.7. The number of thiophene rings is 2. The fourth-order valence-electron chi connectivity index (χ4n) is 2.17. The van der Waals surface area contributed by atoms with E-state index in [-0.39, 0.29) is 11.5 Å². The van der Waals surface area contributed by atoms with Gasteiger partial charge in [0.25, 0.3) is 5.91 Å². The van der Waals surface area contributed by atoms with Gasteiger partial charge in [0.05, 0.1) is 15.4 Å². The van der Waals surface area contributed by atoms with E-state index in [0.29, 0.717) is 15.4 Å². The molecule has 0 aliphatic heterocycles. The first-order valence-electron chi connectivity index (χ1n) is 6.83. The van der Waals surface area contributed by atoms with Gasteiger partial charge in [0.2, 0.25) is 0 Å². The molecule has 4 nitrogen and oxygen atoms in total. The van der Waals surface area contributed by atoms with Crippen LogP contribution in [0.25, 0.3) is 10.4 Å². The van der Waals surface area contributed by atoms with Crippen molar-refractivity contribution in [1.29, 1.82) is 0 Å². The number of hydrogen-bond acceptors (Lipinski definition) is 4. The van der Waals surface area contributed by atoms with Crippen LogP contribution < -0.4 is 5.32 Å². The monoisotopic (exact) mass is 343 g/mol. The Morgan fingerprint density at radius 1 is 1.09 bits per heavy atom. The van der Waals surface area contributed by atoms with Crippen molar-refractivity contribution in [1.82, 2.24) is 0 Å². The summed E-state index contributed by atoms with van der Waals surface area (Å²) in [5.41, 5.74) is 2.39. The number of benzene rings is 1. The molecule has 1 aromatic carbocycles. The topological polar surface area (TPSA) is 66.4 Å². The Morgan fingerprint density at radius 2 is 1.83 bits per heavy atom. The summed E-state index contributed by atoms with van der Waals surface area (Å²) in [7, 11) is 0. The third-order valence-electron chi connectivity index (χ3n) is 3.31. The van der Waals surface area contributed by atoms with Crippen LogP contribution in [-0.2, 0) is 0 Å². The molecular formula is C17H13NO3S2. The molecule has 0 aliphatic carbocycles. The van der Waals surface area contributed by atoms with Gasteiger partial charge in [0.15, 0.2) is 0 Å². The van der Waals surface area contributed by atoms with E-state index in [1.165, 1.54) is 22.7 Å². The Balaban J connectivity index is 1.97. The molecule has 0 atom stereocenters. The molecule has 0 saturated carbocycles. The maximum absolute atomic E-state index is 12.2. The number of carbonyl (C=O) groups excluding carboxylic acids is 1. The molecule has 2 aromatic heterocycles. The third-order valence-corrected chi connectivity index (χ3v) is 5.21. The number of aryl methyl sites for hydroxylation is 1. The average molecular weight is 343 g/mol. The van der Waals surface area contributed by atoms with Crippen molar-refractivity contribution in [3.8, 4) is 10.4 Å². The lowest BCUT2D eigenvalue weighted by atomic mass is 10.1. The molecule has 6 heteroatoms. The zero-order valence-electron chi connectivity index (χ0n) is 12.2. The molecule has 0 unspecified atom stereocenters. The lowest BCUT2D eigenvalue weighted by molar-refractivity contribution is 0.0699. The van der Waals surface area contributed by atoms with Gasteiger partial charge in [-0.1, -0.05) is 35.9 Å². The molecule has 0 saturated heterocycles. The molecule has 0 bridgehead atoms. The van der Waals surface area contributed by atoms with Crippen molar-refractivity contribution in [2.45, 2.75) is 6.92 Å². The number of rotatable bonds is 4. The van der Waals surface area contributed by atoms with Gasteiger partial charge in [0, 0.05) is 5.38 Å². The van der Waals surface area contributed by atoms with Crippen LogP contribution in [0.1, 0.15) is 25.6 Å². The Labute approximate surface area is 141 Å². The number of hydrogen-bond donors (Lipinski definition) is 2. The van der Waals surface area contributed by atoms with Gasteiger partial charge in [-0.2, -0.15) is 0 Å². The van der Waals surface area contributed by atoms with E-state index in [0.717, 1.165) is 11.1 Å². The van der Waals surface area contributed by atoms with E-state index in [2.05, 4.69) is 5.32 Å². The van der Waals surface area contributed by atoms with E-state index in [4.69, 9.17) is 0 Å². The summed E-state index contributed by atoms with van der Waals surface area (Å²) in [6, 6.07) is 11.1.